The number of carbonyl (C=O) groups is 1. The molecule has 0 saturated carbocycles. The smallest absolute Gasteiger partial charge is 0.252 e. The van der Waals surface area contributed by atoms with Crippen molar-refractivity contribution in [3.63, 3.8) is 0 Å². The third kappa shape index (κ3) is 2.71. The first-order valence-corrected chi connectivity index (χ1v) is 6.13. The Morgan fingerprint density at radius 3 is 2.89 bits per heavy atom. The highest BCUT2D eigenvalue weighted by Crippen LogP contribution is 2.17. The molecule has 0 aliphatic rings. The molecule has 1 amide bonds. The van der Waals surface area contributed by atoms with Crippen LogP contribution in [0, 0.1) is 0 Å². The van der Waals surface area contributed by atoms with Crippen LogP contribution in [0.4, 0.5) is 0 Å². The van der Waals surface area contributed by atoms with Crippen LogP contribution in [0.1, 0.15) is 30.6 Å². The van der Waals surface area contributed by atoms with Crippen molar-refractivity contribution in [2.45, 2.75) is 32.4 Å². The van der Waals surface area contributed by atoms with Crippen molar-refractivity contribution >= 4 is 16.8 Å². The second-order valence-electron chi connectivity index (χ2n) is 4.70. The molecular weight excluding hydrogens is 228 g/mol. The number of rotatable bonds is 4. The normalized spacial score (nSPS) is 14.4. The summed E-state index contributed by atoms with van der Waals surface area (Å²) in [5.41, 5.74) is 1.61. The van der Waals surface area contributed by atoms with Gasteiger partial charge in [-0.2, -0.15) is 0 Å². The van der Waals surface area contributed by atoms with Crippen molar-refractivity contribution in [3.8, 4) is 0 Å². The Balaban J connectivity index is 2.16. The standard InChI is InChI=1S/C14H18N2O2/c1-9(8-10(2)17)16-14(18)12-4-3-5-13-11(12)6-7-15-13/h3-7,9-10,15,17H,8H2,1-2H3,(H,16,18). The molecule has 1 aromatic carbocycles. The lowest BCUT2D eigenvalue weighted by Crippen LogP contribution is -2.34. The molecule has 2 aromatic rings. The Kier molecular flexibility index (Phi) is 3.67. The van der Waals surface area contributed by atoms with Gasteiger partial charge in [-0.3, -0.25) is 4.79 Å². The fraction of sp³-hybridized carbons (Fsp3) is 0.357. The van der Waals surface area contributed by atoms with Gasteiger partial charge in [-0.15, -0.1) is 0 Å². The van der Waals surface area contributed by atoms with Crippen molar-refractivity contribution in [1.82, 2.24) is 10.3 Å². The molecule has 3 N–H and O–H groups in total. The van der Waals surface area contributed by atoms with Crippen LogP contribution in [0.2, 0.25) is 0 Å². The molecular formula is C14H18N2O2. The Morgan fingerprint density at radius 2 is 2.17 bits per heavy atom. The molecule has 0 aliphatic heterocycles. The van der Waals surface area contributed by atoms with Gasteiger partial charge in [0.1, 0.15) is 0 Å². The molecule has 2 rings (SSSR count). The molecule has 1 aromatic heterocycles. The number of aliphatic hydroxyl groups excluding tert-OH is 1. The molecule has 0 aliphatic carbocycles. The maximum atomic E-state index is 12.1. The quantitative estimate of drug-likeness (QED) is 0.773. The van der Waals surface area contributed by atoms with E-state index in [9.17, 15) is 9.90 Å². The average Bonchev–Trinajstić information content (AvgIpc) is 2.74. The topological polar surface area (TPSA) is 65.1 Å². The van der Waals surface area contributed by atoms with Gasteiger partial charge in [0.05, 0.1) is 6.10 Å². The number of hydrogen-bond acceptors (Lipinski definition) is 2. The summed E-state index contributed by atoms with van der Waals surface area (Å²) in [6.45, 7) is 3.61. The zero-order valence-electron chi connectivity index (χ0n) is 10.6. The number of aromatic amines is 1. The summed E-state index contributed by atoms with van der Waals surface area (Å²) in [7, 11) is 0. The molecule has 0 fully saturated rings. The molecule has 4 nitrogen and oxygen atoms in total. The second kappa shape index (κ2) is 5.23. The maximum absolute atomic E-state index is 12.1. The molecule has 96 valence electrons. The lowest BCUT2D eigenvalue weighted by atomic mass is 10.1. The van der Waals surface area contributed by atoms with Gasteiger partial charge in [0.2, 0.25) is 0 Å². The summed E-state index contributed by atoms with van der Waals surface area (Å²) in [5, 5.41) is 13.1. The lowest BCUT2D eigenvalue weighted by molar-refractivity contribution is 0.0924. The largest absolute Gasteiger partial charge is 0.393 e. The monoisotopic (exact) mass is 246 g/mol. The van der Waals surface area contributed by atoms with Crippen LogP contribution in [0.5, 0.6) is 0 Å². The average molecular weight is 246 g/mol. The van der Waals surface area contributed by atoms with E-state index in [4.69, 9.17) is 0 Å². The Hall–Kier alpha value is -1.81. The highest BCUT2D eigenvalue weighted by atomic mass is 16.3. The summed E-state index contributed by atoms with van der Waals surface area (Å²) in [6, 6.07) is 7.44. The summed E-state index contributed by atoms with van der Waals surface area (Å²) >= 11 is 0. The van der Waals surface area contributed by atoms with E-state index in [1.807, 2.05) is 31.3 Å². The molecule has 1 heterocycles. The number of benzene rings is 1. The minimum atomic E-state index is -0.414. The van der Waals surface area contributed by atoms with Crippen molar-refractivity contribution in [2.75, 3.05) is 0 Å². The van der Waals surface area contributed by atoms with Gasteiger partial charge in [-0.25, -0.2) is 0 Å². The first-order chi connectivity index (χ1) is 8.58. The van der Waals surface area contributed by atoms with Crippen LogP contribution < -0.4 is 5.32 Å². The fourth-order valence-electron chi connectivity index (χ4n) is 2.16. The van der Waals surface area contributed by atoms with Crippen molar-refractivity contribution in [3.05, 3.63) is 36.0 Å². The molecule has 2 unspecified atom stereocenters. The van der Waals surface area contributed by atoms with Gasteiger partial charge >= 0.3 is 0 Å². The van der Waals surface area contributed by atoms with Gasteiger partial charge in [0.15, 0.2) is 0 Å². The summed E-state index contributed by atoms with van der Waals surface area (Å²) in [5.74, 6) is -0.103. The van der Waals surface area contributed by atoms with Crippen LogP contribution in [0.25, 0.3) is 10.9 Å². The molecule has 4 heteroatoms. The molecule has 0 bridgehead atoms. The lowest BCUT2D eigenvalue weighted by Gasteiger charge is -2.15. The van der Waals surface area contributed by atoms with E-state index in [0.29, 0.717) is 12.0 Å². The summed E-state index contributed by atoms with van der Waals surface area (Å²) in [6.07, 6.45) is 1.96. The van der Waals surface area contributed by atoms with Crippen LogP contribution >= 0.6 is 0 Å². The minimum Gasteiger partial charge on any atom is -0.393 e. The zero-order valence-corrected chi connectivity index (χ0v) is 10.6. The van der Waals surface area contributed by atoms with E-state index >= 15 is 0 Å². The molecule has 18 heavy (non-hydrogen) atoms. The summed E-state index contributed by atoms with van der Waals surface area (Å²) < 4.78 is 0. The van der Waals surface area contributed by atoms with Crippen LogP contribution in [-0.2, 0) is 0 Å². The third-order valence-corrected chi connectivity index (χ3v) is 2.91. The number of hydrogen-bond donors (Lipinski definition) is 3. The number of carbonyl (C=O) groups excluding carboxylic acids is 1. The number of aliphatic hydroxyl groups is 1. The first-order valence-electron chi connectivity index (χ1n) is 6.13. The highest BCUT2D eigenvalue weighted by molar-refractivity contribution is 6.06. The maximum Gasteiger partial charge on any atom is 0.252 e. The summed E-state index contributed by atoms with van der Waals surface area (Å²) in [4.78, 5) is 15.2. The van der Waals surface area contributed by atoms with Crippen LogP contribution in [0.15, 0.2) is 30.5 Å². The Bertz CT molecular complexity index is 545. The van der Waals surface area contributed by atoms with E-state index in [-0.39, 0.29) is 11.9 Å². The van der Waals surface area contributed by atoms with Crippen LogP contribution in [-0.4, -0.2) is 28.1 Å². The van der Waals surface area contributed by atoms with Gasteiger partial charge in [0, 0.05) is 28.7 Å². The molecule has 0 radical (unpaired) electrons. The third-order valence-electron chi connectivity index (χ3n) is 2.91. The number of amides is 1. The van der Waals surface area contributed by atoms with Crippen LogP contribution in [0.3, 0.4) is 0 Å². The predicted molar refractivity (Wildman–Crippen MR) is 71.5 cm³/mol. The fourth-order valence-corrected chi connectivity index (χ4v) is 2.16. The second-order valence-corrected chi connectivity index (χ2v) is 4.70. The van der Waals surface area contributed by atoms with Gasteiger partial charge in [-0.05, 0) is 38.5 Å². The SMILES string of the molecule is CC(O)CC(C)NC(=O)c1cccc2[nH]ccc12. The molecule has 0 spiro atoms. The first kappa shape index (κ1) is 12.6. The molecule has 2 atom stereocenters. The van der Waals surface area contributed by atoms with E-state index < -0.39 is 6.10 Å². The van der Waals surface area contributed by atoms with Crippen molar-refractivity contribution < 1.29 is 9.90 Å². The zero-order chi connectivity index (χ0) is 13.1. The number of H-pyrrole nitrogens is 1. The van der Waals surface area contributed by atoms with Crippen molar-refractivity contribution in [1.29, 1.82) is 0 Å². The Morgan fingerprint density at radius 1 is 1.39 bits per heavy atom. The minimum absolute atomic E-state index is 0.0494. The van der Waals surface area contributed by atoms with E-state index in [0.717, 1.165) is 10.9 Å². The highest BCUT2D eigenvalue weighted by Gasteiger charge is 2.14. The van der Waals surface area contributed by atoms with E-state index in [1.54, 1.807) is 13.0 Å². The predicted octanol–water partition coefficient (Wildman–Crippen LogP) is 2.06. The number of nitrogens with one attached hydrogen (secondary N) is 2. The molecule has 0 saturated heterocycles. The van der Waals surface area contributed by atoms with E-state index in [1.165, 1.54) is 0 Å². The van der Waals surface area contributed by atoms with Gasteiger partial charge in [0.25, 0.3) is 5.91 Å². The van der Waals surface area contributed by atoms with Crippen molar-refractivity contribution in [2.24, 2.45) is 0 Å². The van der Waals surface area contributed by atoms with Gasteiger partial charge in [-0.1, -0.05) is 6.07 Å². The number of fused-ring (bicyclic) bond motifs is 1. The Labute approximate surface area is 106 Å². The van der Waals surface area contributed by atoms with E-state index in [2.05, 4.69) is 10.3 Å². The number of aromatic nitrogens is 1. The van der Waals surface area contributed by atoms with Gasteiger partial charge < -0.3 is 15.4 Å².